The third-order valence-electron chi connectivity index (χ3n) is 2.15. The fourth-order valence-electron chi connectivity index (χ4n) is 1.42. The van der Waals surface area contributed by atoms with Crippen LogP contribution in [0.15, 0.2) is 24.5 Å². The van der Waals surface area contributed by atoms with E-state index in [2.05, 4.69) is 17.2 Å². The lowest BCUT2D eigenvalue weighted by atomic mass is 10.1. The van der Waals surface area contributed by atoms with Gasteiger partial charge in [-0.2, -0.15) is 0 Å². The van der Waals surface area contributed by atoms with Gasteiger partial charge < -0.3 is 10.4 Å². The van der Waals surface area contributed by atoms with Gasteiger partial charge in [-0.3, -0.25) is 4.98 Å². The Hall–Kier alpha value is -0.930. The van der Waals surface area contributed by atoms with Crippen molar-refractivity contribution in [3.63, 3.8) is 0 Å². The van der Waals surface area contributed by atoms with Gasteiger partial charge in [0.2, 0.25) is 0 Å². The molecule has 3 nitrogen and oxygen atoms in total. The number of rotatable bonds is 6. The Balaban J connectivity index is 2.58. The van der Waals surface area contributed by atoms with Crippen molar-refractivity contribution < 1.29 is 5.11 Å². The highest BCUT2D eigenvalue weighted by Crippen LogP contribution is 2.14. The van der Waals surface area contributed by atoms with E-state index in [0.717, 1.165) is 24.9 Å². The highest BCUT2D eigenvalue weighted by atomic mass is 16.3. The van der Waals surface area contributed by atoms with E-state index in [1.165, 1.54) is 0 Å². The predicted octanol–water partition coefficient (Wildman–Crippen LogP) is 1.50. The summed E-state index contributed by atoms with van der Waals surface area (Å²) in [6.45, 7) is 3.31. The zero-order chi connectivity index (χ0) is 10.2. The smallest absolute Gasteiger partial charge is 0.0449 e. The van der Waals surface area contributed by atoms with Crippen LogP contribution in [0.4, 0.5) is 0 Å². The molecule has 1 aromatic rings. The zero-order valence-corrected chi connectivity index (χ0v) is 8.61. The molecule has 0 saturated heterocycles. The topological polar surface area (TPSA) is 45.1 Å². The number of hydrogen-bond donors (Lipinski definition) is 2. The van der Waals surface area contributed by atoms with Crippen LogP contribution in [0.2, 0.25) is 0 Å². The predicted molar refractivity (Wildman–Crippen MR) is 57.0 cm³/mol. The molecule has 14 heavy (non-hydrogen) atoms. The molecule has 0 aromatic carbocycles. The first-order valence-electron chi connectivity index (χ1n) is 5.12. The molecule has 0 aliphatic heterocycles. The number of pyridine rings is 1. The van der Waals surface area contributed by atoms with E-state index in [0.29, 0.717) is 0 Å². The average Bonchev–Trinajstić information content (AvgIpc) is 2.25. The van der Waals surface area contributed by atoms with Crippen molar-refractivity contribution in [2.24, 2.45) is 0 Å². The number of hydrogen-bond acceptors (Lipinski definition) is 3. The summed E-state index contributed by atoms with van der Waals surface area (Å²) in [6, 6.07) is 4.19. The summed E-state index contributed by atoms with van der Waals surface area (Å²) >= 11 is 0. The van der Waals surface area contributed by atoms with Crippen molar-refractivity contribution in [1.82, 2.24) is 10.3 Å². The molecule has 78 valence electrons. The van der Waals surface area contributed by atoms with E-state index in [4.69, 9.17) is 5.11 Å². The van der Waals surface area contributed by atoms with Crippen molar-refractivity contribution in [2.75, 3.05) is 13.2 Å². The van der Waals surface area contributed by atoms with Crippen LogP contribution in [0.5, 0.6) is 0 Å². The molecule has 0 saturated carbocycles. The molecule has 0 amide bonds. The minimum atomic E-state index is 0.205. The third-order valence-corrected chi connectivity index (χ3v) is 2.15. The second-order valence-electron chi connectivity index (χ2n) is 3.31. The molecule has 1 heterocycles. The van der Waals surface area contributed by atoms with E-state index in [1.54, 1.807) is 6.20 Å². The molecule has 2 N–H and O–H groups in total. The molecular formula is C11H18N2O. The Morgan fingerprint density at radius 3 is 3.00 bits per heavy atom. The maximum Gasteiger partial charge on any atom is 0.0449 e. The molecule has 0 fully saturated rings. The van der Waals surface area contributed by atoms with Gasteiger partial charge in [-0.25, -0.2) is 0 Å². The lowest BCUT2D eigenvalue weighted by Crippen LogP contribution is -2.23. The van der Waals surface area contributed by atoms with Gasteiger partial charge >= 0.3 is 0 Å². The molecule has 1 atom stereocenters. The number of aliphatic hydroxyl groups is 1. The Kier molecular flexibility index (Phi) is 5.19. The molecule has 0 radical (unpaired) electrons. The Morgan fingerprint density at radius 2 is 2.43 bits per heavy atom. The normalized spacial score (nSPS) is 12.7. The Bertz CT molecular complexity index is 238. The average molecular weight is 194 g/mol. The standard InChI is InChI=1S/C11H18N2O/c1-2-6-13-11(5-8-14)10-4-3-7-12-9-10/h3-4,7,9,11,13-14H,2,5-6,8H2,1H3. The summed E-state index contributed by atoms with van der Waals surface area (Å²) in [5.74, 6) is 0. The molecule has 0 aliphatic carbocycles. The van der Waals surface area contributed by atoms with Crippen LogP contribution in [0.1, 0.15) is 31.4 Å². The first kappa shape index (κ1) is 11.1. The molecular weight excluding hydrogens is 176 g/mol. The van der Waals surface area contributed by atoms with Crippen molar-refractivity contribution in [3.8, 4) is 0 Å². The minimum Gasteiger partial charge on any atom is -0.396 e. The van der Waals surface area contributed by atoms with Crippen molar-refractivity contribution >= 4 is 0 Å². The fraction of sp³-hybridized carbons (Fsp3) is 0.545. The minimum absolute atomic E-state index is 0.205. The van der Waals surface area contributed by atoms with Crippen molar-refractivity contribution in [2.45, 2.75) is 25.8 Å². The second kappa shape index (κ2) is 6.51. The number of nitrogens with zero attached hydrogens (tertiary/aromatic N) is 1. The van der Waals surface area contributed by atoms with Crippen LogP contribution in [-0.4, -0.2) is 23.2 Å². The second-order valence-corrected chi connectivity index (χ2v) is 3.31. The Morgan fingerprint density at radius 1 is 1.57 bits per heavy atom. The summed E-state index contributed by atoms with van der Waals surface area (Å²) < 4.78 is 0. The van der Waals surface area contributed by atoms with Crippen LogP contribution in [-0.2, 0) is 0 Å². The van der Waals surface area contributed by atoms with Crippen molar-refractivity contribution in [3.05, 3.63) is 30.1 Å². The summed E-state index contributed by atoms with van der Waals surface area (Å²) in [6.07, 6.45) is 5.45. The van der Waals surface area contributed by atoms with Crippen LogP contribution < -0.4 is 5.32 Å². The SMILES string of the molecule is CCCNC(CCO)c1cccnc1. The summed E-state index contributed by atoms with van der Waals surface area (Å²) in [5.41, 5.74) is 1.15. The van der Waals surface area contributed by atoms with Gasteiger partial charge in [-0.05, 0) is 31.0 Å². The number of aromatic nitrogens is 1. The lowest BCUT2D eigenvalue weighted by molar-refractivity contribution is 0.265. The fourth-order valence-corrected chi connectivity index (χ4v) is 1.42. The number of aliphatic hydroxyl groups excluding tert-OH is 1. The maximum absolute atomic E-state index is 8.94. The Labute approximate surface area is 85.2 Å². The summed E-state index contributed by atoms with van der Waals surface area (Å²) in [4.78, 5) is 4.07. The lowest BCUT2D eigenvalue weighted by Gasteiger charge is -2.17. The van der Waals surface area contributed by atoms with Gasteiger partial charge in [0.15, 0.2) is 0 Å². The summed E-state index contributed by atoms with van der Waals surface area (Å²) in [5, 5.41) is 12.3. The van der Waals surface area contributed by atoms with Gasteiger partial charge in [0.05, 0.1) is 0 Å². The van der Waals surface area contributed by atoms with Gasteiger partial charge in [-0.15, -0.1) is 0 Å². The maximum atomic E-state index is 8.94. The van der Waals surface area contributed by atoms with Gasteiger partial charge in [0, 0.05) is 25.0 Å². The molecule has 0 bridgehead atoms. The molecule has 1 rings (SSSR count). The molecule has 3 heteroatoms. The summed E-state index contributed by atoms with van der Waals surface area (Å²) in [7, 11) is 0. The molecule has 0 spiro atoms. The van der Waals surface area contributed by atoms with Crippen LogP contribution in [0, 0.1) is 0 Å². The number of nitrogens with one attached hydrogen (secondary N) is 1. The highest BCUT2D eigenvalue weighted by molar-refractivity contribution is 5.13. The monoisotopic (exact) mass is 194 g/mol. The van der Waals surface area contributed by atoms with Crippen LogP contribution >= 0.6 is 0 Å². The van der Waals surface area contributed by atoms with E-state index in [1.807, 2.05) is 18.3 Å². The van der Waals surface area contributed by atoms with E-state index >= 15 is 0 Å². The molecule has 1 unspecified atom stereocenters. The third kappa shape index (κ3) is 3.44. The van der Waals surface area contributed by atoms with E-state index in [9.17, 15) is 0 Å². The highest BCUT2D eigenvalue weighted by Gasteiger charge is 2.08. The van der Waals surface area contributed by atoms with Crippen LogP contribution in [0.3, 0.4) is 0 Å². The van der Waals surface area contributed by atoms with Gasteiger partial charge in [-0.1, -0.05) is 13.0 Å². The van der Waals surface area contributed by atoms with Crippen molar-refractivity contribution in [1.29, 1.82) is 0 Å². The largest absolute Gasteiger partial charge is 0.396 e. The van der Waals surface area contributed by atoms with Crippen LogP contribution in [0.25, 0.3) is 0 Å². The molecule has 0 aliphatic rings. The van der Waals surface area contributed by atoms with E-state index < -0.39 is 0 Å². The zero-order valence-electron chi connectivity index (χ0n) is 8.61. The van der Waals surface area contributed by atoms with Gasteiger partial charge in [0.25, 0.3) is 0 Å². The molecule has 1 aromatic heterocycles. The first-order chi connectivity index (χ1) is 6.88. The van der Waals surface area contributed by atoms with E-state index in [-0.39, 0.29) is 12.6 Å². The van der Waals surface area contributed by atoms with Gasteiger partial charge in [0.1, 0.15) is 0 Å². The quantitative estimate of drug-likeness (QED) is 0.721. The first-order valence-corrected chi connectivity index (χ1v) is 5.12.